The number of benzene rings is 1. The number of aromatic nitrogens is 3. The number of fused-ring (bicyclic) bond motifs is 1. The lowest BCUT2D eigenvalue weighted by Crippen LogP contribution is -2.05. The van der Waals surface area contributed by atoms with Crippen molar-refractivity contribution in [1.82, 2.24) is 14.5 Å². The average Bonchev–Trinajstić information content (AvgIpc) is 2.84. The minimum Gasteiger partial charge on any atom is -0.497 e. The van der Waals surface area contributed by atoms with E-state index in [4.69, 9.17) is 9.72 Å². The van der Waals surface area contributed by atoms with Crippen molar-refractivity contribution in [3.63, 3.8) is 0 Å². The first kappa shape index (κ1) is 13.6. The van der Waals surface area contributed by atoms with Crippen LogP contribution in [0.15, 0.2) is 42.6 Å². The van der Waals surface area contributed by atoms with Gasteiger partial charge < -0.3 is 4.74 Å². The Morgan fingerprint density at radius 3 is 2.81 bits per heavy atom. The highest BCUT2D eigenvalue weighted by Gasteiger charge is 2.14. The zero-order valence-corrected chi connectivity index (χ0v) is 12.6. The van der Waals surface area contributed by atoms with Crippen molar-refractivity contribution in [3.8, 4) is 11.4 Å². The minimum atomic E-state index is 0.533. The number of hydrogen-bond acceptors (Lipinski definition) is 3. The Hall–Kier alpha value is -2.36. The van der Waals surface area contributed by atoms with E-state index in [1.54, 1.807) is 13.3 Å². The van der Waals surface area contributed by atoms with Crippen LogP contribution in [0.4, 0.5) is 0 Å². The molecule has 0 aliphatic rings. The Labute approximate surface area is 124 Å². The van der Waals surface area contributed by atoms with Gasteiger partial charge >= 0.3 is 0 Å². The van der Waals surface area contributed by atoms with Crippen LogP contribution in [-0.2, 0) is 6.42 Å². The van der Waals surface area contributed by atoms with E-state index >= 15 is 0 Å². The third-order valence-corrected chi connectivity index (χ3v) is 3.39. The van der Waals surface area contributed by atoms with Crippen molar-refractivity contribution in [2.75, 3.05) is 7.11 Å². The fourth-order valence-corrected chi connectivity index (χ4v) is 2.48. The maximum absolute atomic E-state index is 5.33. The van der Waals surface area contributed by atoms with E-state index < -0.39 is 0 Å². The molecule has 0 aliphatic heterocycles. The molecule has 108 valence electrons. The second-order valence-electron chi connectivity index (χ2n) is 5.51. The summed E-state index contributed by atoms with van der Waals surface area (Å²) >= 11 is 0. The molecule has 0 fully saturated rings. The number of rotatable bonds is 4. The van der Waals surface area contributed by atoms with E-state index in [-0.39, 0.29) is 0 Å². The summed E-state index contributed by atoms with van der Waals surface area (Å²) in [4.78, 5) is 9.24. The van der Waals surface area contributed by atoms with E-state index in [0.717, 1.165) is 34.8 Å². The van der Waals surface area contributed by atoms with E-state index in [9.17, 15) is 0 Å². The first-order valence-electron chi connectivity index (χ1n) is 7.16. The summed E-state index contributed by atoms with van der Waals surface area (Å²) in [6.07, 6.45) is 2.72. The molecule has 3 rings (SSSR count). The smallest absolute Gasteiger partial charge is 0.164 e. The van der Waals surface area contributed by atoms with E-state index in [1.807, 2.05) is 30.3 Å². The topological polar surface area (TPSA) is 39.9 Å². The van der Waals surface area contributed by atoms with Gasteiger partial charge in [-0.3, -0.25) is 4.57 Å². The van der Waals surface area contributed by atoms with Crippen LogP contribution in [0, 0.1) is 5.92 Å². The second-order valence-corrected chi connectivity index (χ2v) is 5.51. The van der Waals surface area contributed by atoms with Crippen LogP contribution in [-0.4, -0.2) is 21.6 Å². The van der Waals surface area contributed by atoms with Gasteiger partial charge in [0.15, 0.2) is 5.65 Å². The zero-order chi connectivity index (χ0) is 14.8. The summed E-state index contributed by atoms with van der Waals surface area (Å²) in [7, 11) is 1.68. The summed E-state index contributed by atoms with van der Waals surface area (Å²) in [5, 5.41) is 0. The number of hydrogen-bond donors (Lipinski definition) is 0. The van der Waals surface area contributed by atoms with Gasteiger partial charge in [-0.2, -0.15) is 0 Å². The monoisotopic (exact) mass is 281 g/mol. The van der Waals surface area contributed by atoms with Crippen LogP contribution in [0.25, 0.3) is 16.9 Å². The first-order chi connectivity index (χ1) is 10.2. The van der Waals surface area contributed by atoms with Gasteiger partial charge in [0.1, 0.15) is 17.1 Å². The molecule has 0 N–H and O–H groups in total. The number of pyridine rings is 1. The molecule has 21 heavy (non-hydrogen) atoms. The molecule has 0 unspecified atom stereocenters. The van der Waals surface area contributed by atoms with E-state index in [0.29, 0.717) is 5.92 Å². The molecule has 0 saturated heterocycles. The maximum atomic E-state index is 5.33. The van der Waals surface area contributed by atoms with Crippen LogP contribution in [0.5, 0.6) is 5.75 Å². The van der Waals surface area contributed by atoms with Crippen LogP contribution < -0.4 is 4.74 Å². The SMILES string of the molecule is COc1cccc(-n2c(CC(C)C)nc3cccnc32)c1. The number of imidazole rings is 1. The molecule has 4 heteroatoms. The highest BCUT2D eigenvalue weighted by Crippen LogP contribution is 2.24. The minimum absolute atomic E-state index is 0.533. The van der Waals surface area contributed by atoms with Gasteiger partial charge in [0.25, 0.3) is 0 Å². The van der Waals surface area contributed by atoms with Crippen LogP contribution in [0.1, 0.15) is 19.7 Å². The molecule has 3 aromatic rings. The Morgan fingerprint density at radius 2 is 2.05 bits per heavy atom. The van der Waals surface area contributed by atoms with Gasteiger partial charge in [0.05, 0.1) is 12.8 Å². The lowest BCUT2D eigenvalue weighted by Gasteiger charge is -2.11. The summed E-state index contributed by atoms with van der Waals surface area (Å²) in [5.74, 6) is 2.40. The van der Waals surface area contributed by atoms with E-state index in [1.165, 1.54) is 0 Å². The van der Waals surface area contributed by atoms with Gasteiger partial charge in [-0.1, -0.05) is 19.9 Å². The lowest BCUT2D eigenvalue weighted by molar-refractivity contribution is 0.414. The van der Waals surface area contributed by atoms with Gasteiger partial charge in [0, 0.05) is 18.7 Å². The molecule has 1 aromatic carbocycles. The third kappa shape index (κ3) is 2.61. The molecule has 0 aliphatic carbocycles. The average molecular weight is 281 g/mol. The summed E-state index contributed by atoms with van der Waals surface area (Å²) in [5.41, 5.74) is 2.85. The molecule has 4 nitrogen and oxygen atoms in total. The predicted molar refractivity (Wildman–Crippen MR) is 84.0 cm³/mol. The van der Waals surface area contributed by atoms with Gasteiger partial charge in [0.2, 0.25) is 0 Å². The fraction of sp³-hybridized carbons (Fsp3) is 0.294. The molecular formula is C17H19N3O. The summed E-state index contributed by atoms with van der Waals surface area (Å²) < 4.78 is 7.45. The van der Waals surface area contributed by atoms with E-state index in [2.05, 4.69) is 29.5 Å². The standard InChI is InChI=1S/C17H19N3O/c1-12(2)10-16-19-15-8-5-9-18-17(15)20(16)13-6-4-7-14(11-13)21-3/h4-9,11-12H,10H2,1-3H3. The molecule has 0 atom stereocenters. The van der Waals surface area contributed by atoms with Crippen LogP contribution in [0.2, 0.25) is 0 Å². The second kappa shape index (κ2) is 5.56. The summed E-state index contributed by atoms with van der Waals surface area (Å²) in [6.45, 7) is 4.39. The maximum Gasteiger partial charge on any atom is 0.164 e. The van der Waals surface area contributed by atoms with Crippen molar-refractivity contribution in [1.29, 1.82) is 0 Å². The fourth-order valence-electron chi connectivity index (χ4n) is 2.48. The van der Waals surface area contributed by atoms with Crippen molar-refractivity contribution < 1.29 is 4.74 Å². The zero-order valence-electron chi connectivity index (χ0n) is 12.6. The largest absolute Gasteiger partial charge is 0.497 e. The number of methoxy groups -OCH3 is 1. The highest BCUT2D eigenvalue weighted by atomic mass is 16.5. The number of nitrogens with zero attached hydrogens (tertiary/aromatic N) is 3. The Morgan fingerprint density at radius 1 is 1.19 bits per heavy atom. The van der Waals surface area contributed by atoms with Crippen molar-refractivity contribution in [2.24, 2.45) is 5.92 Å². The van der Waals surface area contributed by atoms with Crippen molar-refractivity contribution >= 4 is 11.2 Å². The molecule has 0 saturated carbocycles. The number of ether oxygens (including phenoxy) is 1. The Bertz CT molecular complexity index is 762. The quantitative estimate of drug-likeness (QED) is 0.733. The highest BCUT2D eigenvalue weighted by molar-refractivity contribution is 5.74. The molecule has 0 radical (unpaired) electrons. The molecule has 2 heterocycles. The predicted octanol–water partition coefficient (Wildman–Crippen LogP) is 3.63. The summed E-state index contributed by atoms with van der Waals surface area (Å²) in [6, 6.07) is 11.9. The first-order valence-corrected chi connectivity index (χ1v) is 7.16. The molecule has 0 amide bonds. The van der Waals surface area contributed by atoms with Gasteiger partial charge in [-0.15, -0.1) is 0 Å². The molecule has 2 aromatic heterocycles. The Balaban J connectivity index is 2.22. The molecular weight excluding hydrogens is 262 g/mol. The molecule has 0 spiro atoms. The molecule has 0 bridgehead atoms. The van der Waals surface area contributed by atoms with Gasteiger partial charge in [-0.05, 0) is 30.2 Å². The van der Waals surface area contributed by atoms with Crippen molar-refractivity contribution in [2.45, 2.75) is 20.3 Å². The Kier molecular flexibility index (Phi) is 3.60. The third-order valence-electron chi connectivity index (χ3n) is 3.39. The van der Waals surface area contributed by atoms with Gasteiger partial charge in [-0.25, -0.2) is 9.97 Å². The van der Waals surface area contributed by atoms with Crippen LogP contribution in [0.3, 0.4) is 0 Å². The van der Waals surface area contributed by atoms with Crippen LogP contribution >= 0.6 is 0 Å². The normalized spacial score (nSPS) is 11.2. The van der Waals surface area contributed by atoms with Crippen molar-refractivity contribution in [3.05, 3.63) is 48.4 Å². The lowest BCUT2D eigenvalue weighted by atomic mass is 10.1.